The number of nitrogens with one attached hydrogen (secondary N) is 1. The summed E-state index contributed by atoms with van der Waals surface area (Å²) in [6, 6.07) is 9.00. The molecular formula is C14H7Br2ClN2OS. The van der Waals surface area contributed by atoms with Crippen molar-refractivity contribution in [1.29, 1.82) is 0 Å². The zero-order chi connectivity index (χ0) is 15.0. The zero-order valence-corrected chi connectivity index (χ0v) is 15.1. The van der Waals surface area contributed by atoms with Gasteiger partial charge in [0.2, 0.25) is 0 Å². The lowest BCUT2D eigenvalue weighted by Crippen LogP contribution is -2.12. The number of thiazole rings is 1. The normalized spacial score (nSPS) is 10.8. The van der Waals surface area contributed by atoms with Crippen LogP contribution >= 0.6 is 54.8 Å². The number of amides is 1. The average molecular weight is 447 g/mol. The second-order valence-corrected chi connectivity index (χ2v) is 7.36. The van der Waals surface area contributed by atoms with Crippen LogP contribution in [0, 0.1) is 0 Å². The summed E-state index contributed by atoms with van der Waals surface area (Å²) in [6.07, 6.45) is 0. The Morgan fingerprint density at radius 3 is 2.62 bits per heavy atom. The Labute approximate surface area is 146 Å². The number of nitrogens with zero attached hydrogens (tertiary/aromatic N) is 1. The van der Waals surface area contributed by atoms with E-state index in [2.05, 4.69) is 42.2 Å². The van der Waals surface area contributed by atoms with Gasteiger partial charge in [0.05, 0.1) is 20.9 Å². The minimum absolute atomic E-state index is 0.237. The lowest BCUT2D eigenvalue weighted by molar-refractivity contribution is 0.102. The fourth-order valence-corrected chi connectivity index (χ4v) is 4.07. The summed E-state index contributed by atoms with van der Waals surface area (Å²) in [5.74, 6) is -0.237. The van der Waals surface area contributed by atoms with E-state index in [0.29, 0.717) is 21.8 Å². The first-order chi connectivity index (χ1) is 10.0. The third-order valence-electron chi connectivity index (χ3n) is 2.81. The predicted molar refractivity (Wildman–Crippen MR) is 94.4 cm³/mol. The Kier molecular flexibility index (Phi) is 4.31. The molecule has 0 unspecified atom stereocenters. The highest BCUT2D eigenvalue weighted by Crippen LogP contribution is 2.32. The van der Waals surface area contributed by atoms with Crippen molar-refractivity contribution < 1.29 is 4.79 Å². The van der Waals surface area contributed by atoms with Gasteiger partial charge in [0.1, 0.15) is 5.52 Å². The molecule has 1 N–H and O–H groups in total. The fourth-order valence-electron chi connectivity index (χ4n) is 1.90. The molecule has 0 aliphatic carbocycles. The third kappa shape index (κ3) is 3.13. The monoisotopic (exact) mass is 444 g/mol. The van der Waals surface area contributed by atoms with E-state index >= 15 is 0 Å². The van der Waals surface area contributed by atoms with Crippen molar-refractivity contribution in [3.05, 3.63) is 55.4 Å². The van der Waals surface area contributed by atoms with E-state index in [-0.39, 0.29) is 5.91 Å². The number of halogens is 3. The first-order valence-corrected chi connectivity index (χ1v) is 8.68. The number of fused-ring (bicyclic) bond motifs is 1. The summed E-state index contributed by atoms with van der Waals surface area (Å²) >= 11 is 14.4. The van der Waals surface area contributed by atoms with Crippen LogP contribution < -0.4 is 5.32 Å². The second-order valence-electron chi connectivity index (χ2n) is 4.23. The Balaban J connectivity index is 2.00. The van der Waals surface area contributed by atoms with Gasteiger partial charge in [0.25, 0.3) is 5.91 Å². The molecule has 0 fully saturated rings. The smallest absolute Gasteiger partial charge is 0.255 e. The highest BCUT2D eigenvalue weighted by Gasteiger charge is 2.14. The van der Waals surface area contributed by atoms with Gasteiger partial charge in [-0.15, -0.1) is 11.3 Å². The molecule has 1 aromatic heterocycles. The summed E-state index contributed by atoms with van der Waals surface area (Å²) in [7, 11) is 0. The highest BCUT2D eigenvalue weighted by molar-refractivity contribution is 9.11. The number of aromatic nitrogens is 1. The zero-order valence-electron chi connectivity index (χ0n) is 10.4. The molecule has 21 heavy (non-hydrogen) atoms. The second kappa shape index (κ2) is 6.04. The van der Waals surface area contributed by atoms with Crippen LogP contribution in [0.25, 0.3) is 10.2 Å². The Morgan fingerprint density at radius 2 is 1.90 bits per heavy atom. The van der Waals surface area contributed by atoms with Crippen LogP contribution in [-0.4, -0.2) is 10.9 Å². The van der Waals surface area contributed by atoms with E-state index in [4.69, 9.17) is 11.6 Å². The molecular weight excluding hydrogens is 439 g/mol. The molecule has 1 amide bonds. The van der Waals surface area contributed by atoms with Crippen LogP contribution in [-0.2, 0) is 0 Å². The number of carbonyl (C=O) groups excluding carboxylic acids is 1. The van der Waals surface area contributed by atoms with E-state index in [1.807, 2.05) is 12.1 Å². The van der Waals surface area contributed by atoms with Gasteiger partial charge >= 0.3 is 0 Å². The van der Waals surface area contributed by atoms with Gasteiger partial charge in [-0.25, -0.2) is 4.98 Å². The average Bonchev–Trinajstić information content (AvgIpc) is 2.89. The van der Waals surface area contributed by atoms with E-state index in [9.17, 15) is 4.79 Å². The maximum atomic E-state index is 12.4. The van der Waals surface area contributed by atoms with Gasteiger partial charge in [-0.1, -0.05) is 43.5 Å². The van der Waals surface area contributed by atoms with Gasteiger partial charge in [0, 0.05) is 14.5 Å². The van der Waals surface area contributed by atoms with Gasteiger partial charge in [0.15, 0.2) is 0 Å². The summed E-state index contributed by atoms with van der Waals surface area (Å²) in [5.41, 5.74) is 3.50. The number of hydrogen-bond donors (Lipinski definition) is 1. The summed E-state index contributed by atoms with van der Waals surface area (Å²) in [6.45, 7) is 0. The third-order valence-corrected chi connectivity index (χ3v) is 4.84. The van der Waals surface area contributed by atoms with Crippen molar-refractivity contribution in [2.24, 2.45) is 0 Å². The van der Waals surface area contributed by atoms with Crippen LogP contribution in [0.2, 0.25) is 5.02 Å². The molecule has 0 radical (unpaired) electrons. The van der Waals surface area contributed by atoms with Crippen molar-refractivity contribution in [3.8, 4) is 0 Å². The maximum absolute atomic E-state index is 12.4. The van der Waals surface area contributed by atoms with Crippen LogP contribution in [0.15, 0.2) is 44.8 Å². The lowest BCUT2D eigenvalue weighted by Gasteiger charge is -2.09. The molecule has 3 rings (SSSR count). The molecule has 2 aromatic carbocycles. The fraction of sp³-hybridized carbons (Fsp3) is 0. The van der Waals surface area contributed by atoms with Crippen LogP contribution in [0.5, 0.6) is 0 Å². The molecule has 0 aliphatic heterocycles. The molecule has 3 aromatic rings. The van der Waals surface area contributed by atoms with Crippen LogP contribution in [0.4, 0.5) is 5.69 Å². The number of hydrogen-bond acceptors (Lipinski definition) is 3. The predicted octanol–water partition coefficient (Wildman–Crippen LogP) is 5.73. The van der Waals surface area contributed by atoms with Gasteiger partial charge in [-0.05, 0) is 30.3 Å². The molecule has 1 heterocycles. The SMILES string of the molecule is O=C(Nc1c(Cl)ccc2scnc12)c1cc(Br)cc(Br)c1. The molecule has 3 nitrogen and oxygen atoms in total. The van der Waals surface area contributed by atoms with E-state index in [0.717, 1.165) is 13.6 Å². The van der Waals surface area contributed by atoms with Crippen LogP contribution in [0.3, 0.4) is 0 Å². The standard InChI is InChI=1S/C14H7Br2ClN2OS/c15-8-3-7(4-9(16)5-8)14(20)19-12-10(17)1-2-11-13(12)18-6-21-11/h1-6H,(H,19,20). The van der Waals surface area contributed by atoms with E-state index < -0.39 is 0 Å². The highest BCUT2D eigenvalue weighted by atomic mass is 79.9. The van der Waals surface area contributed by atoms with Crippen molar-refractivity contribution in [2.75, 3.05) is 5.32 Å². The summed E-state index contributed by atoms with van der Waals surface area (Å²) < 4.78 is 2.62. The van der Waals surface area contributed by atoms with Crippen LogP contribution in [0.1, 0.15) is 10.4 Å². The number of rotatable bonds is 2. The van der Waals surface area contributed by atoms with E-state index in [1.165, 1.54) is 11.3 Å². The van der Waals surface area contributed by atoms with Gasteiger partial charge < -0.3 is 5.32 Å². The van der Waals surface area contributed by atoms with Crippen molar-refractivity contribution >= 4 is 76.6 Å². The molecule has 106 valence electrons. The molecule has 0 aliphatic rings. The Bertz CT molecular complexity index is 830. The summed E-state index contributed by atoms with van der Waals surface area (Å²) in [4.78, 5) is 16.7. The van der Waals surface area contributed by atoms with Crippen molar-refractivity contribution in [1.82, 2.24) is 4.98 Å². The first kappa shape index (κ1) is 15.0. The molecule has 0 bridgehead atoms. The lowest BCUT2D eigenvalue weighted by atomic mass is 10.2. The Hall–Kier alpha value is -0.950. The maximum Gasteiger partial charge on any atom is 0.255 e. The molecule has 0 spiro atoms. The summed E-state index contributed by atoms with van der Waals surface area (Å²) in [5, 5.41) is 3.31. The largest absolute Gasteiger partial charge is 0.319 e. The minimum atomic E-state index is -0.237. The van der Waals surface area contributed by atoms with Gasteiger partial charge in [-0.2, -0.15) is 0 Å². The Morgan fingerprint density at radius 1 is 1.19 bits per heavy atom. The molecule has 7 heteroatoms. The number of carbonyl (C=O) groups is 1. The van der Waals surface area contributed by atoms with Crippen molar-refractivity contribution in [2.45, 2.75) is 0 Å². The van der Waals surface area contributed by atoms with Gasteiger partial charge in [-0.3, -0.25) is 4.79 Å². The minimum Gasteiger partial charge on any atom is -0.319 e. The number of benzene rings is 2. The molecule has 0 saturated carbocycles. The van der Waals surface area contributed by atoms with Crippen molar-refractivity contribution in [3.63, 3.8) is 0 Å². The molecule has 0 atom stereocenters. The number of anilines is 1. The topological polar surface area (TPSA) is 42.0 Å². The quantitative estimate of drug-likeness (QED) is 0.547. The van der Waals surface area contributed by atoms with E-state index in [1.54, 1.807) is 23.7 Å². The molecule has 0 saturated heterocycles. The first-order valence-electron chi connectivity index (χ1n) is 5.84.